The van der Waals surface area contributed by atoms with E-state index in [9.17, 15) is 4.79 Å². The Morgan fingerprint density at radius 1 is 1.64 bits per heavy atom. The zero-order valence-electron chi connectivity index (χ0n) is 7.25. The summed E-state index contributed by atoms with van der Waals surface area (Å²) in [5, 5.41) is 9.90. The number of thiazole rings is 1. The number of rotatable bonds is 2. The zero-order chi connectivity index (χ0) is 9.97. The molecule has 0 aromatic carbocycles. The number of esters is 1. The van der Waals surface area contributed by atoms with E-state index >= 15 is 0 Å². The third-order valence-electron chi connectivity index (χ3n) is 1.34. The summed E-state index contributed by atoms with van der Waals surface area (Å²) in [5.41, 5.74) is 0. The number of hydrogen-bond donors (Lipinski definition) is 0. The molecular weight excluding hydrogens is 204 g/mol. The van der Waals surface area contributed by atoms with Crippen molar-refractivity contribution < 1.29 is 9.53 Å². The molecule has 2 aromatic rings. The quantitative estimate of drug-likeness (QED) is 0.680. The Morgan fingerprint density at radius 2 is 2.50 bits per heavy atom. The second-order valence-corrected chi connectivity index (χ2v) is 3.28. The molecule has 0 bridgehead atoms. The van der Waals surface area contributed by atoms with Gasteiger partial charge in [0.15, 0.2) is 0 Å². The number of ether oxygens (including phenoxy) is 1. The maximum Gasteiger partial charge on any atom is 0.309 e. The zero-order valence-corrected chi connectivity index (χ0v) is 8.06. The lowest BCUT2D eigenvalue weighted by Crippen LogP contribution is -2.01. The van der Waals surface area contributed by atoms with E-state index in [1.54, 1.807) is 6.20 Å². The topological polar surface area (TPSA) is 69.9 Å². The first kappa shape index (κ1) is 8.82. The monoisotopic (exact) mass is 210 g/mol. The van der Waals surface area contributed by atoms with Crippen LogP contribution in [0.5, 0.6) is 5.88 Å². The number of aromatic nitrogens is 4. The van der Waals surface area contributed by atoms with Gasteiger partial charge in [-0.05, 0) is 0 Å². The molecule has 0 radical (unpaired) electrons. The van der Waals surface area contributed by atoms with Crippen molar-refractivity contribution in [2.24, 2.45) is 0 Å². The third kappa shape index (κ3) is 1.77. The molecule has 0 N–H and O–H groups in total. The second-order valence-electron chi connectivity index (χ2n) is 2.41. The van der Waals surface area contributed by atoms with Crippen LogP contribution < -0.4 is 4.74 Å². The normalized spacial score (nSPS) is 10.1. The largest absolute Gasteiger partial charge is 0.404 e. The predicted octanol–water partition coefficient (Wildman–Crippen LogP) is 0.649. The fourth-order valence-electron chi connectivity index (χ4n) is 0.865. The lowest BCUT2D eigenvalue weighted by molar-refractivity contribution is -0.132. The highest BCUT2D eigenvalue weighted by atomic mass is 32.1. The van der Waals surface area contributed by atoms with Gasteiger partial charge >= 0.3 is 5.97 Å². The van der Waals surface area contributed by atoms with Crippen molar-refractivity contribution in [3.05, 3.63) is 17.8 Å². The van der Waals surface area contributed by atoms with E-state index in [0.717, 1.165) is 0 Å². The summed E-state index contributed by atoms with van der Waals surface area (Å²) in [5.74, 6) is -0.246. The van der Waals surface area contributed by atoms with Crippen LogP contribution in [0.1, 0.15) is 6.92 Å². The SMILES string of the molecule is CC(=O)Oc1cn(-c2nccs2)nn1. The lowest BCUT2D eigenvalue weighted by atomic mass is 10.7. The van der Waals surface area contributed by atoms with Crippen LogP contribution >= 0.6 is 11.3 Å². The van der Waals surface area contributed by atoms with E-state index in [4.69, 9.17) is 4.74 Å². The summed E-state index contributed by atoms with van der Waals surface area (Å²) in [4.78, 5) is 14.6. The second kappa shape index (κ2) is 3.54. The minimum atomic E-state index is -0.420. The van der Waals surface area contributed by atoms with Gasteiger partial charge in [0.05, 0.1) is 6.20 Å². The first-order valence-corrected chi connectivity index (χ1v) is 4.64. The Hall–Kier alpha value is -1.76. The van der Waals surface area contributed by atoms with E-state index in [1.807, 2.05) is 5.38 Å². The first-order chi connectivity index (χ1) is 6.75. The third-order valence-corrected chi connectivity index (χ3v) is 2.10. The Labute approximate surface area is 83.1 Å². The van der Waals surface area contributed by atoms with Crippen molar-refractivity contribution in [1.29, 1.82) is 0 Å². The summed E-state index contributed by atoms with van der Waals surface area (Å²) in [6.45, 7) is 1.31. The lowest BCUT2D eigenvalue weighted by Gasteiger charge is -1.91. The molecule has 0 atom stereocenters. The molecule has 2 heterocycles. The molecule has 7 heteroatoms. The number of carbonyl (C=O) groups excluding carboxylic acids is 1. The Morgan fingerprint density at radius 3 is 3.14 bits per heavy atom. The minimum absolute atomic E-state index is 0.174. The van der Waals surface area contributed by atoms with Crippen LogP contribution in [0.25, 0.3) is 5.13 Å². The highest BCUT2D eigenvalue weighted by molar-refractivity contribution is 7.12. The molecule has 0 aliphatic rings. The van der Waals surface area contributed by atoms with Gasteiger partial charge in [0.1, 0.15) is 0 Å². The van der Waals surface area contributed by atoms with Gasteiger partial charge in [-0.15, -0.1) is 11.3 Å². The number of hydrogen-bond acceptors (Lipinski definition) is 6. The molecule has 0 spiro atoms. The van der Waals surface area contributed by atoms with Crippen molar-refractivity contribution >= 4 is 17.3 Å². The molecule has 0 amide bonds. The van der Waals surface area contributed by atoms with Gasteiger partial charge in [-0.1, -0.05) is 10.3 Å². The number of carbonyl (C=O) groups is 1. The molecule has 0 aliphatic carbocycles. The Balaban J connectivity index is 2.22. The number of nitrogens with zero attached hydrogens (tertiary/aromatic N) is 4. The standard InChI is InChI=1S/C7H6N4O2S/c1-5(12)13-6-4-11(10-9-6)7-8-2-3-14-7/h2-4H,1H3. The van der Waals surface area contributed by atoms with E-state index in [1.165, 1.54) is 29.1 Å². The molecule has 0 saturated heterocycles. The maximum atomic E-state index is 10.6. The van der Waals surface area contributed by atoms with E-state index in [-0.39, 0.29) is 5.88 Å². The predicted molar refractivity (Wildman–Crippen MR) is 48.3 cm³/mol. The van der Waals surface area contributed by atoms with Gasteiger partial charge in [-0.3, -0.25) is 4.79 Å². The van der Waals surface area contributed by atoms with Gasteiger partial charge in [0.25, 0.3) is 5.88 Å². The Bertz CT molecular complexity index is 436. The maximum absolute atomic E-state index is 10.6. The fourth-order valence-corrected chi connectivity index (χ4v) is 1.43. The van der Waals surface area contributed by atoms with Gasteiger partial charge < -0.3 is 4.74 Å². The molecule has 14 heavy (non-hydrogen) atoms. The fraction of sp³-hybridized carbons (Fsp3) is 0.143. The van der Waals surface area contributed by atoms with Gasteiger partial charge in [0.2, 0.25) is 5.13 Å². The average Bonchev–Trinajstić information content (AvgIpc) is 2.69. The van der Waals surface area contributed by atoms with E-state index in [2.05, 4.69) is 15.3 Å². The van der Waals surface area contributed by atoms with Crippen LogP contribution in [0.15, 0.2) is 17.8 Å². The molecule has 0 unspecified atom stereocenters. The molecule has 2 rings (SSSR count). The van der Waals surface area contributed by atoms with Crippen LogP contribution in [0.4, 0.5) is 0 Å². The minimum Gasteiger partial charge on any atom is -0.404 e. The van der Waals surface area contributed by atoms with Crippen LogP contribution in [0.2, 0.25) is 0 Å². The molecular formula is C7H6N4O2S. The summed E-state index contributed by atoms with van der Waals surface area (Å²) in [6.07, 6.45) is 3.16. The molecule has 6 nitrogen and oxygen atoms in total. The molecule has 72 valence electrons. The van der Waals surface area contributed by atoms with Crippen molar-refractivity contribution in [2.45, 2.75) is 6.92 Å². The van der Waals surface area contributed by atoms with Crippen molar-refractivity contribution in [1.82, 2.24) is 20.0 Å². The van der Waals surface area contributed by atoms with Gasteiger partial charge in [-0.25, -0.2) is 4.98 Å². The highest BCUT2D eigenvalue weighted by Crippen LogP contribution is 2.12. The van der Waals surface area contributed by atoms with Crippen LogP contribution in [0.3, 0.4) is 0 Å². The molecule has 0 aliphatic heterocycles. The molecule has 0 saturated carbocycles. The molecule has 2 aromatic heterocycles. The van der Waals surface area contributed by atoms with Crippen LogP contribution in [-0.4, -0.2) is 25.9 Å². The van der Waals surface area contributed by atoms with Crippen molar-refractivity contribution in [3.8, 4) is 11.0 Å². The van der Waals surface area contributed by atoms with Gasteiger partial charge in [-0.2, -0.15) is 4.68 Å². The highest BCUT2D eigenvalue weighted by Gasteiger charge is 2.06. The first-order valence-electron chi connectivity index (χ1n) is 3.76. The Kier molecular flexibility index (Phi) is 2.23. The smallest absolute Gasteiger partial charge is 0.309 e. The van der Waals surface area contributed by atoms with Crippen molar-refractivity contribution in [2.75, 3.05) is 0 Å². The van der Waals surface area contributed by atoms with Crippen molar-refractivity contribution in [3.63, 3.8) is 0 Å². The summed E-state index contributed by atoms with van der Waals surface area (Å²) >= 11 is 1.42. The van der Waals surface area contributed by atoms with Crippen LogP contribution in [0, 0.1) is 0 Å². The summed E-state index contributed by atoms with van der Waals surface area (Å²) in [6, 6.07) is 0. The molecule has 0 fully saturated rings. The van der Waals surface area contributed by atoms with E-state index < -0.39 is 5.97 Å². The average molecular weight is 210 g/mol. The van der Waals surface area contributed by atoms with E-state index in [0.29, 0.717) is 5.13 Å². The van der Waals surface area contributed by atoms with Crippen LogP contribution in [-0.2, 0) is 4.79 Å². The summed E-state index contributed by atoms with van der Waals surface area (Å²) in [7, 11) is 0. The summed E-state index contributed by atoms with van der Waals surface area (Å²) < 4.78 is 6.18. The van der Waals surface area contributed by atoms with Gasteiger partial charge in [0, 0.05) is 18.5 Å².